The molecule has 1 unspecified atom stereocenters. The summed E-state index contributed by atoms with van der Waals surface area (Å²) in [6.45, 7) is 4.77. The Labute approximate surface area is 165 Å². The number of carbonyl (C=O) groups excluding carboxylic acids is 3. The van der Waals surface area contributed by atoms with Crippen LogP contribution >= 0.6 is 0 Å². The van der Waals surface area contributed by atoms with Crippen molar-refractivity contribution in [3.05, 3.63) is 58.7 Å². The topological polar surface area (TPSA) is 129 Å². The van der Waals surface area contributed by atoms with Crippen molar-refractivity contribution in [3.63, 3.8) is 0 Å². The lowest BCUT2D eigenvalue weighted by molar-refractivity contribution is 0.0316. The lowest BCUT2D eigenvalue weighted by atomic mass is 10.1. The van der Waals surface area contributed by atoms with E-state index in [0.29, 0.717) is 22.5 Å². The summed E-state index contributed by atoms with van der Waals surface area (Å²) in [5.74, 6) is -1.67. The van der Waals surface area contributed by atoms with Crippen LogP contribution in [-0.4, -0.2) is 56.1 Å². The molecule has 0 aliphatic heterocycles. The maximum atomic E-state index is 12.8. The van der Waals surface area contributed by atoms with Crippen LogP contribution in [-0.2, 0) is 9.47 Å². The standard InChI is InChI=1S/C19H19N5O5/c1-10-15(19(27)28-4)11(2)21-16(10)17(25)12(3)29-18(26)13-6-5-7-14(8-13)24-9-20-22-23-24/h5-9,12,21H,1-4H3. The van der Waals surface area contributed by atoms with Crippen molar-refractivity contribution < 1.29 is 23.9 Å². The van der Waals surface area contributed by atoms with Gasteiger partial charge >= 0.3 is 11.9 Å². The molecule has 0 aliphatic rings. The Kier molecular flexibility index (Phi) is 5.53. The second-order valence-electron chi connectivity index (χ2n) is 6.33. The number of hydrogen-bond acceptors (Lipinski definition) is 8. The average Bonchev–Trinajstić information content (AvgIpc) is 3.35. The first-order valence-corrected chi connectivity index (χ1v) is 8.69. The van der Waals surface area contributed by atoms with E-state index in [0.717, 1.165) is 0 Å². The molecule has 1 N–H and O–H groups in total. The molecule has 1 aromatic carbocycles. The summed E-state index contributed by atoms with van der Waals surface area (Å²) in [4.78, 5) is 40.1. The van der Waals surface area contributed by atoms with Gasteiger partial charge in [-0.3, -0.25) is 4.79 Å². The monoisotopic (exact) mass is 397 g/mol. The first-order valence-electron chi connectivity index (χ1n) is 8.69. The molecule has 0 saturated heterocycles. The lowest BCUT2D eigenvalue weighted by Gasteiger charge is -2.12. The number of methoxy groups -OCH3 is 1. The van der Waals surface area contributed by atoms with Gasteiger partial charge < -0.3 is 14.5 Å². The molecule has 0 saturated carbocycles. The van der Waals surface area contributed by atoms with E-state index in [1.54, 1.807) is 38.1 Å². The molecule has 2 aromatic heterocycles. The van der Waals surface area contributed by atoms with Gasteiger partial charge in [-0.05, 0) is 55.0 Å². The van der Waals surface area contributed by atoms with Crippen LogP contribution < -0.4 is 0 Å². The highest BCUT2D eigenvalue weighted by molar-refractivity contribution is 6.04. The predicted octanol–water partition coefficient (Wildman–Crippen LogP) is 1.82. The van der Waals surface area contributed by atoms with Gasteiger partial charge in [-0.25, -0.2) is 14.3 Å². The Morgan fingerprint density at radius 1 is 1.17 bits per heavy atom. The Balaban J connectivity index is 1.78. The molecule has 10 nitrogen and oxygen atoms in total. The Morgan fingerprint density at radius 2 is 1.93 bits per heavy atom. The molecule has 0 bridgehead atoms. The summed E-state index contributed by atoms with van der Waals surface area (Å²) < 4.78 is 11.5. The van der Waals surface area contributed by atoms with Crippen molar-refractivity contribution in [2.45, 2.75) is 26.9 Å². The van der Waals surface area contributed by atoms with Crippen LogP contribution in [0, 0.1) is 13.8 Å². The molecule has 1 atom stereocenters. The molecule has 0 aliphatic carbocycles. The number of aryl methyl sites for hydroxylation is 1. The second kappa shape index (κ2) is 8.05. The quantitative estimate of drug-likeness (QED) is 0.493. The zero-order chi connectivity index (χ0) is 21.1. The summed E-state index contributed by atoms with van der Waals surface area (Å²) in [5.41, 5.74) is 2.26. The fourth-order valence-electron chi connectivity index (χ4n) is 2.95. The van der Waals surface area contributed by atoms with Gasteiger partial charge in [0.2, 0.25) is 5.78 Å². The Hall–Kier alpha value is -3.82. The van der Waals surface area contributed by atoms with Crippen molar-refractivity contribution in [3.8, 4) is 5.69 Å². The first-order chi connectivity index (χ1) is 13.8. The van der Waals surface area contributed by atoms with Crippen molar-refractivity contribution in [2.24, 2.45) is 0 Å². The van der Waals surface area contributed by atoms with Crippen LogP contribution in [0.4, 0.5) is 0 Å². The van der Waals surface area contributed by atoms with Gasteiger partial charge in [-0.1, -0.05) is 6.07 Å². The number of nitrogens with one attached hydrogen (secondary N) is 1. The first kappa shape index (κ1) is 19.9. The Bertz CT molecular complexity index is 1070. The zero-order valence-corrected chi connectivity index (χ0v) is 16.3. The van der Waals surface area contributed by atoms with Gasteiger partial charge in [-0.2, -0.15) is 0 Å². The molecule has 0 spiro atoms. The number of aromatic amines is 1. The number of Topliss-reactive ketones (excluding diaryl/α,β-unsaturated/α-hetero) is 1. The minimum absolute atomic E-state index is 0.200. The van der Waals surface area contributed by atoms with Crippen molar-refractivity contribution in [2.75, 3.05) is 7.11 Å². The SMILES string of the molecule is COC(=O)c1c(C)[nH]c(C(=O)C(C)OC(=O)c2cccc(-n3cnnn3)c2)c1C. The summed E-state index contributed by atoms with van der Waals surface area (Å²) in [7, 11) is 1.27. The minimum Gasteiger partial charge on any atom is -0.465 e. The van der Waals surface area contributed by atoms with Crippen molar-refractivity contribution in [1.82, 2.24) is 25.2 Å². The van der Waals surface area contributed by atoms with Gasteiger partial charge in [0.15, 0.2) is 6.10 Å². The highest BCUT2D eigenvalue weighted by atomic mass is 16.5. The fraction of sp³-hybridized carbons (Fsp3) is 0.263. The van der Waals surface area contributed by atoms with Crippen molar-refractivity contribution in [1.29, 1.82) is 0 Å². The summed E-state index contributed by atoms with van der Waals surface area (Å²) in [6, 6.07) is 6.49. The summed E-state index contributed by atoms with van der Waals surface area (Å²) in [5, 5.41) is 10.9. The molecule has 2 heterocycles. The van der Waals surface area contributed by atoms with Crippen LogP contribution in [0.2, 0.25) is 0 Å². The van der Waals surface area contributed by atoms with Crippen LogP contribution in [0.1, 0.15) is 49.4 Å². The maximum absolute atomic E-state index is 12.8. The third kappa shape index (κ3) is 3.91. The highest BCUT2D eigenvalue weighted by Crippen LogP contribution is 2.21. The summed E-state index contributed by atoms with van der Waals surface area (Å²) in [6.07, 6.45) is 0.327. The number of benzene rings is 1. The molecule has 0 amide bonds. The minimum atomic E-state index is -1.07. The van der Waals surface area contributed by atoms with E-state index < -0.39 is 23.8 Å². The number of nitrogens with zero attached hydrogens (tertiary/aromatic N) is 4. The van der Waals surface area contributed by atoms with E-state index in [1.165, 1.54) is 25.0 Å². The van der Waals surface area contributed by atoms with E-state index in [9.17, 15) is 14.4 Å². The molecule has 29 heavy (non-hydrogen) atoms. The molecule has 3 aromatic rings. The van der Waals surface area contributed by atoms with Crippen LogP contribution in [0.25, 0.3) is 5.69 Å². The van der Waals surface area contributed by atoms with Crippen LogP contribution in [0.5, 0.6) is 0 Å². The highest BCUT2D eigenvalue weighted by Gasteiger charge is 2.27. The second-order valence-corrected chi connectivity index (χ2v) is 6.33. The van der Waals surface area contributed by atoms with Crippen LogP contribution in [0.15, 0.2) is 30.6 Å². The smallest absolute Gasteiger partial charge is 0.339 e. The molecule has 0 radical (unpaired) electrons. The van der Waals surface area contributed by atoms with Gasteiger partial charge in [0.25, 0.3) is 0 Å². The molecule has 150 valence electrons. The number of esters is 2. The normalized spacial score (nSPS) is 11.7. The maximum Gasteiger partial charge on any atom is 0.339 e. The van der Waals surface area contributed by atoms with Crippen molar-refractivity contribution >= 4 is 17.7 Å². The van der Waals surface area contributed by atoms with E-state index in [1.807, 2.05) is 0 Å². The zero-order valence-electron chi connectivity index (χ0n) is 16.3. The van der Waals surface area contributed by atoms with Gasteiger partial charge in [0, 0.05) is 5.69 Å². The fourth-order valence-corrected chi connectivity index (χ4v) is 2.95. The third-order valence-electron chi connectivity index (χ3n) is 4.42. The predicted molar refractivity (Wildman–Crippen MR) is 100.0 cm³/mol. The largest absolute Gasteiger partial charge is 0.465 e. The van der Waals surface area contributed by atoms with E-state index >= 15 is 0 Å². The van der Waals surface area contributed by atoms with Gasteiger partial charge in [0.1, 0.15) is 6.33 Å². The number of H-pyrrole nitrogens is 1. The number of tetrazole rings is 1. The third-order valence-corrected chi connectivity index (χ3v) is 4.42. The van der Waals surface area contributed by atoms with E-state index in [4.69, 9.17) is 9.47 Å². The molecular weight excluding hydrogens is 378 g/mol. The van der Waals surface area contributed by atoms with Gasteiger partial charge in [-0.15, -0.1) is 5.10 Å². The lowest BCUT2D eigenvalue weighted by Crippen LogP contribution is -2.25. The molecule has 0 fully saturated rings. The Morgan fingerprint density at radius 3 is 2.59 bits per heavy atom. The number of carbonyl (C=O) groups is 3. The molecule has 3 rings (SSSR count). The molecule has 10 heteroatoms. The number of ether oxygens (including phenoxy) is 2. The van der Waals surface area contributed by atoms with E-state index in [2.05, 4.69) is 20.5 Å². The average molecular weight is 397 g/mol. The van der Waals surface area contributed by atoms with Gasteiger partial charge in [0.05, 0.1) is 29.6 Å². The number of rotatable bonds is 6. The molecular formula is C19H19N5O5. The number of ketones is 1. The van der Waals surface area contributed by atoms with E-state index in [-0.39, 0.29) is 11.3 Å². The van der Waals surface area contributed by atoms with Crippen LogP contribution in [0.3, 0.4) is 0 Å². The number of hydrogen-bond donors (Lipinski definition) is 1. The number of aromatic nitrogens is 5. The summed E-state index contributed by atoms with van der Waals surface area (Å²) >= 11 is 0.